The lowest BCUT2D eigenvalue weighted by atomic mass is 10.00. The Morgan fingerprint density at radius 3 is 2.86 bits per heavy atom. The van der Waals surface area contributed by atoms with Crippen molar-refractivity contribution in [2.75, 3.05) is 6.54 Å². The van der Waals surface area contributed by atoms with Crippen LogP contribution in [-0.4, -0.2) is 17.5 Å². The van der Waals surface area contributed by atoms with Crippen LogP contribution in [0, 0.1) is 0 Å². The molecule has 0 radical (unpaired) electrons. The molecule has 0 amide bonds. The maximum absolute atomic E-state index is 3.53. The molecule has 1 aliphatic heterocycles. The molecule has 0 N–H and O–H groups in total. The molecule has 1 aromatic carbocycles. The average molecular weight is 252 g/mol. The highest BCUT2D eigenvalue weighted by atomic mass is 79.9. The Morgan fingerprint density at radius 1 is 1.21 bits per heavy atom. The SMILES string of the molecule is Brc1ccc2c(c1)CCN(C1CC1)C2. The molecule has 1 heterocycles. The lowest BCUT2D eigenvalue weighted by molar-refractivity contribution is 0.244. The molecular formula is C12H14BrN. The lowest BCUT2D eigenvalue weighted by Gasteiger charge is -2.28. The quantitative estimate of drug-likeness (QED) is 0.742. The van der Waals surface area contributed by atoms with E-state index in [0.717, 1.165) is 6.04 Å². The minimum Gasteiger partial charge on any atom is -0.296 e. The first-order valence-electron chi connectivity index (χ1n) is 5.34. The number of benzene rings is 1. The molecule has 2 aliphatic rings. The lowest BCUT2D eigenvalue weighted by Crippen LogP contribution is -2.32. The van der Waals surface area contributed by atoms with E-state index in [0.29, 0.717) is 0 Å². The van der Waals surface area contributed by atoms with Crippen LogP contribution in [0.25, 0.3) is 0 Å². The van der Waals surface area contributed by atoms with Crippen molar-refractivity contribution in [1.29, 1.82) is 0 Å². The van der Waals surface area contributed by atoms with Gasteiger partial charge in [-0.2, -0.15) is 0 Å². The molecule has 2 heteroatoms. The van der Waals surface area contributed by atoms with E-state index < -0.39 is 0 Å². The Balaban J connectivity index is 1.86. The average Bonchev–Trinajstić information content (AvgIpc) is 3.00. The second-order valence-electron chi connectivity index (χ2n) is 4.36. The summed E-state index contributed by atoms with van der Waals surface area (Å²) in [5.41, 5.74) is 3.07. The molecule has 0 atom stereocenters. The minimum atomic E-state index is 0.909. The van der Waals surface area contributed by atoms with E-state index in [-0.39, 0.29) is 0 Å². The van der Waals surface area contributed by atoms with Gasteiger partial charge >= 0.3 is 0 Å². The van der Waals surface area contributed by atoms with E-state index in [2.05, 4.69) is 39.0 Å². The van der Waals surface area contributed by atoms with Gasteiger partial charge in [0.25, 0.3) is 0 Å². The Kier molecular flexibility index (Phi) is 2.14. The molecule has 3 rings (SSSR count). The van der Waals surface area contributed by atoms with Crippen molar-refractivity contribution in [2.24, 2.45) is 0 Å². The molecular weight excluding hydrogens is 238 g/mol. The van der Waals surface area contributed by atoms with Crippen molar-refractivity contribution < 1.29 is 0 Å². The van der Waals surface area contributed by atoms with E-state index in [1.165, 1.54) is 48.0 Å². The molecule has 1 nitrogen and oxygen atoms in total. The predicted molar refractivity (Wildman–Crippen MR) is 61.3 cm³/mol. The third kappa shape index (κ3) is 1.61. The van der Waals surface area contributed by atoms with Gasteiger partial charge in [0.15, 0.2) is 0 Å². The Hall–Kier alpha value is -0.340. The number of hydrogen-bond acceptors (Lipinski definition) is 1. The minimum absolute atomic E-state index is 0.909. The van der Waals surface area contributed by atoms with Crippen molar-refractivity contribution in [3.63, 3.8) is 0 Å². The van der Waals surface area contributed by atoms with Crippen molar-refractivity contribution in [1.82, 2.24) is 4.90 Å². The van der Waals surface area contributed by atoms with Crippen molar-refractivity contribution in [3.05, 3.63) is 33.8 Å². The van der Waals surface area contributed by atoms with E-state index >= 15 is 0 Å². The molecule has 0 aromatic heterocycles. The van der Waals surface area contributed by atoms with Crippen molar-refractivity contribution in [3.8, 4) is 0 Å². The molecule has 1 aliphatic carbocycles. The number of fused-ring (bicyclic) bond motifs is 1. The summed E-state index contributed by atoms with van der Waals surface area (Å²) in [5.74, 6) is 0. The van der Waals surface area contributed by atoms with Gasteiger partial charge in [-0.25, -0.2) is 0 Å². The standard InChI is InChI=1S/C12H14BrN/c13-11-2-1-10-8-14(12-3-4-12)6-5-9(10)7-11/h1-2,7,12H,3-6,8H2. The van der Waals surface area contributed by atoms with E-state index in [9.17, 15) is 0 Å². The Labute approximate surface area is 93.2 Å². The van der Waals surface area contributed by atoms with Gasteiger partial charge in [0.05, 0.1) is 0 Å². The first kappa shape index (κ1) is 8.93. The molecule has 0 bridgehead atoms. The summed E-state index contributed by atoms with van der Waals surface area (Å²) in [7, 11) is 0. The van der Waals surface area contributed by atoms with Gasteiger partial charge in [-0.05, 0) is 42.5 Å². The third-order valence-corrected chi connectivity index (χ3v) is 3.77. The van der Waals surface area contributed by atoms with Gasteiger partial charge in [0.1, 0.15) is 0 Å². The van der Waals surface area contributed by atoms with Crippen LogP contribution in [0.15, 0.2) is 22.7 Å². The van der Waals surface area contributed by atoms with Gasteiger partial charge < -0.3 is 0 Å². The maximum Gasteiger partial charge on any atom is 0.0239 e. The fraction of sp³-hybridized carbons (Fsp3) is 0.500. The van der Waals surface area contributed by atoms with E-state index in [1.807, 2.05) is 0 Å². The molecule has 1 aromatic rings. The van der Waals surface area contributed by atoms with Crippen LogP contribution in [0.2, 0.25) is 0 Å². The summed E-state index contributed by atoms with van der Waals surface area (Å²) in [5, 5.41) is 0. The van der Waals surface area contributed by atoms with Gasteiger partial charge in [0.2, 0.25) is 0 Å². The van der Waals surface area contributed by atoms with Crippen LogP contribution < -0.4 is 0 Å². The zero-order valence-electron chi connectivity index (χ0n) is 8.17. The Bertz CT molecular complexity index is 357. The highest BCUT2D eigenvalue weighted by Gasteiger charge is 2.30. The predicted octanol–water partition coefficient (Wildman–Crippen LogP) is 2.97. The third-order valence-electron chi connectivity index (χ3n) is 3.27. The number of nitrogens with zero attached hydrogens (tertiary/aromatic N) is 1. The Morgan fingerprint density at radius 2 is 2.07 bits per heavy atom. The van der Waals surface area contributed by atoms with Gasteiger partial charge in [0, 0.05) is 23.6 Å². The molecule has 0 saturated heterocycles. The maximum atomic E-state index is 3.53. The topological polar surface area (TPSA) is 3.24 Å². The second-order valence-corrected chi connectivity index (χ2v) is 5.28. The summed E-state index contributed by atoms with van der Waals surface area (Å²) in [6.45, 7) is 2.43. The summed E-state index contributed by atoms with van der Waals surface area (Å²) >= 11 is 3.53. The van der Waals surface area contributed by atoms with Crippen LogP contribution in [0.3, 0.4) is 0 Å². The zero-order chi connectivity index (χ0) is 9.54. The summed E-state index contributed by atoms with van der Waals surface area (Å²) < 4.78 is 1.22. The van der Waals surface area contributed by atoms with E-state index in [1.54, 1.807) is 0 Å². The molecule has 0 unspecified atom stereocenters. The summed E-state index contributed by atoms with van der Waals surface area (Å²) in [4.78, 5) is 2.64. The van der Waals surface area contributed by atoms with Gasteiger partial charge in [-0.3, -0.25) is 4.90 Å². The highest BCUT2D eigenvalue weighted by Crippen LogP contribution is 2.32. The molecule has 14 heavy (non-hydrogen) atoms. The van der Waals surface area contributed by atoms with Crippen LogP contribution in [-0.2, 0) is 13.0 Å². The van der Waals surface area contributed by atoms with Gasteiger partial charge in [-0.15, -0.1) is 0 Å². The first-order valence-corrected chi connectivity index (χ1v) is 6.13. The van der Waals surface area contributed by atoms with Crippen molar-refractivity contribution in [2.45, 2.75) is 31.8 Å². The highest BCUT2D eigenvalue weighted by molar-refractivity contribution is 9.10. The monoisotopic (exact) mass is 251 g/mol. The molecule has 74 valence electrons. The summed E-state index contributed by atoms with van der Waals surface area (Å²) in [6.07, 6.45) is 4.07. The smallest absolute Gasteiger partial charge is 0.0239 e. The molecule has 0 spiro atoms. The van der Waals surface area contributed by atoms with Crippen molar-refractivity contribution >= 4 is 15.9 Å². The zero-order valence-corrected chi connectivity index (χ0v) is 9.76. The number of rotatable bonds is 1. The van der Waals surface area contributed by atoms with Crippen LogP contribution >= 0.6 is 15.9 Å². The van der Waals surface area contributed by atoms with Crippen LogP contribution in [0.4, 0.5) is 0 Å². The molecule has 1 saturated carbocycles. The van der Waals surface area contributed by atoms with Crippen LogP contribution in [0.5, 0.6) is 0 Å². The van der Waals surface area contributed by atoms with Gasteiger partial charge in [-0.1, -0.05) is 22.0 Å². The summed E-state index contributed by atoms with van der Waals surface area (Å²) in [6, 6.07) is 7.62. The largest absolute Gasteiger partial charge is 0.296 e. The fourth-order valence-corrected chi connectivity index (χ4v) is 2.70. The first-order chi connectivity index (χ1) is 6.83. The van der Waals surface area contributed by atoms with Crippen LogP contribution in [0.1, 0.15) is 24.0 Å². The number of halogens is 1. The van der Waals surface area contributed by atoms with E-state index in [4.69, 9.17) is 0 Å². The normalized spacial score (nSPS) is 22.1. The number of hydrogen-bond donors (Lipinski definition) is 0. The second kappa shape index (κ2) is 3.35. The molecule has 1 fully saturated rings. The fourth-order valence-electron chi connectivity index (χ4n) is 2.29.